The molecule has 0 aromatic heterocycles. The van der Waals surface area contributed by atoms with E-state index in [0.717, 1.165) is 19.4 Å². The summed E-state index contributed by atoms with van der Waals surface area (Å²) in [6.07, 6.45) is 1.51. The molecule has 0 saturated carbocycles. The monoisotopic (exact) mass is 269 g/mol. The zero-order chi connectivity index (χ0) is 13.7. The molecule has 2 aliphatic rings. The van der Waals surface area contributed by atoms with Gasteiger partial charge in [0.1, 0.15) is 6.04 Å². The van der Waals surface area contributed by atoms with Crippen LogP contribution in [0, 0.1) is 5.92 Å². The number of hydrogen-bond acceptors (Lipinski definition) is 4. The fourth-order valence-corrected chi connectivity index (χ4v) is 2.63. The van der Waals surface area contributed by atoms with Crippen molar-refractivity contribution in [2.45, 2.75) is 25.8 Å². The first-order valence-corrected chi connectivity index (χ1v) is 7.10. The second kappa shape index (κ2) is 6.86. The number of hydrogen-bond donors (Lipinski definition) is 2. The fraction of sp³-hybridized carbons (Fsp3) is 0.846. The second-order valence-corrected chi connectivity index (χ2v) is 5.08. The third-order valence-corrected chi connectivity index (χ3v) is 3.75. The van der Waals surface area contributed by atoms with Crippen LogP contribution >= 0.6 is 0 Å². The lowest BCUT2D eigenvalue weighted by molar-refractivity contribution is -0.139. The normalized spacial score (nSPS) is 25.1. The largest absolute Gasteiger partial charge is 0.378 e. The van der Waals surface area contributed by atoms with Gasteiger partial charge in [-0.15, -0.1) is 0 Å². The van der Waals surface area contributed by atoms with Gasteiger partial charge in [0.2, 0.25) is 11.8 Å². The quantitative estimate of drug-likeness (QED) is 0.714. The average molecular weight is 269 g/mol. The van der Waals surface area contributed by atoms with Crippen molar-refractivity contribution < 1.29 is 14.3 Å². The molecule has 0 spiro atoms. The minimum Gasteiger partial charge on any atom is -0.378 e. The molecular formula is C13H23N3O3. The van der Waals surface area contributed by atoms with Gasteiger partial charge in [-0.25, -0.2) is 0 Å². The Morgan fingerprint density at radius 2 is 2.11 bits per heavy atom. The van der Waals surface area contributed by atoms with Crippen molar-refractivity contribution >= 4 is 11.8 Å². The van der Waals surface area contributed by atoms with Crippen LogP contribution in [0.1, 0.15) is 19.8 Å². The van der Waals surface area contributed by atoms with E-state index in [4.69, 9.17) is 4.74 Å². The molecule has 6 nitrogen and oxygen atoms in total. The number of carbonyl (C=O) groups is 2. The number of rotatable bonds is 3. The van der Waals surface area contributed by atoms with Gasteiger partial charge in [0.05, 0.1) is 13.2 Å². The molecule has 0 aromatic rings. The van der Waals surface area contributed by atoms with E-state index in [1.165, 1.54) is 0 Å². The fourth-order valence-electron chi connectivity index (χ4n) is 2.63. The summed E-state index contributed by atoms with van der Waals surface area (Å²) in [5.74, 6) is 0.280. The van der Waals surface area contributed by atoms with E-state index < -0.39 is 0 Å². The lowest BCUT2D eigenvalue weighted by atomic mass is 9.95. The van der Waals surface area contributed by atoms with Gasteiger partial charge in [-0.05, 0) is 19.8 Å². The molecule has 1 unspecified atom stereocenters. The molecule has 0 bridgehead atoms. The van der Waals surface area contributed by atoms with Crippen LogP contribution in [-0.4, -0.2) is 62.1 Å². The topological polar surface area (TPSA) is 70.7 Å². The molecule has 2 rings (SSSR count). The molecule has 0 radical (unpaired) electrons. The summed E-state index contributed by atoms with van der Waals surface area (Å²) in [5.41, 5.74) is 0. The molecule has 2 fully saturated rings. The Balaban J connectivity index is 1.79. The maximum Gasteiger partial charge on any atom is 0.242 e. The van der Waals surface area contributed by atoms with E-state index in [1.54, 1.807) is 0 Å². The summed E-state index contributed by atoms with van der Waals surface area (Å²) in [6.45, 7) is 5.77. The lowest BCUT2D eigenvalue weighted by Crippen LogP contribution is -2.54. The van der Waals surface area contributed by atoms with Crippen molar-refractivity contribution in [1.82, 2.24) is 15.5 Å². The van der Waals surface area contributed by atoms with Crippen LogP contribution in [-0.2, 0) is 14.3 Å². The summed E-state index contributed by atoms with van der Waals surface area (Å²) < 4.78 is 5.31. The van der Waals surface area contributed by atoms with Gasteiger partial charge in [0, 0.05) is 32.1 Å². The van der Waals surface area contributed by atoms with Gasteiger partial charge in [-0.3, -0.25) is 9.59 Å². The van der Waals surface area contributed by atoms with Crippen LogP contribution in [0.5, 0.6) is 0 Å². The van der Waals surface area contributed by atoms with Gasteiger partial charge in [-0.1, -0.05) is 0 Å². The standard InChI is InChI=1S/C13H23N3O3/c1-2-14-12(17)10-3-6-16(7-4-10)13(18)11-9-19-8-5-15-11/h10-11,15H,2-9H2,1H3,(H,14,17). The molecule has 2 saturated heterocycles. The average Bonchev–Trinajstić information content (AvgIpc) is 2.48. The van der Waals surface area contributed by atoms with Gasteiger partial charge >= 0.3 is 0 Å². The number of ether oxygens (including phenoxy) is 1. The van der Waals surface area contributed by atoms with Crippen molar-refractivity contribution in [2.24, 2.45) is 5.92 Å². The summed E-state index contributed by atoms with van der Waals surface area (Å²) in [5, 5.41) is 6.02. The number of nitrogens with zero attached hydrogens (tertiary/aromatic N) is 1. The highest BCUT2D eigenvalue weighted by Gasteiger charge is 2.31. The van der Waals surface area contributed by atoms with Crippen LogP contribution in [0.25, 0.3) is 0 Å². The van der Waals surface area contributed by atoms with Gasteiger partial charge in [0.15, 0.2) is 0 Å². The summed E-state index contributed by atoms with van der Waals surface area (Å²) in [7, 11) is 0. The smallest absolute Gasteiger partial charge is 0.242 e. The van der Waals surface area contributed by atoms with Gasteiger partial charge in [-0.2, -0.15) is 0 Å². The van der Waals surface area contributed by atoms with Gasteiger partial charge < -0.3 is 20.3 Å². The molecular weight excluding hydrogens is 246 g/mol. The Labute approximate surface area is 113 Å². The molecule has 0 aliphatic carbocycles. The Hall–Kier alpha value is -1.14. The lowest BCUT2D eigenvalue weighted by Gasteiger charge is -2.34. The minimum absolute atomic E-state index is 0.0552. The van der Waals surface area contributed by atoms with Crippen molar-refractivity contribution in [3.8, 4) is 0 Å². The zero-order valence-corrected chi connectivity index (χ0v) is 11.5. The molecule has 0 aromatic carbocycles. The Kier molecular flexibility index (Phi) is 5.15. The number of carbonyl (C=O) groups excluding carboxylic acids is 2. The van der Waals surface area contributed by atoms with E-state index in [1.807, 2.05) is 11.8 Å². The van der Waals surface area contributed by atoms with Crippen molar-refractivity contribution in [3.05, 3.63) is 0 Å². The number of amides is 2. The van der Waals surface area contributed by atoms with Crippen molar-refractivity contribution in [3.63, 3.8) is 0 Å². The van der Waals surface area contributed by atoms with Crippen molar-refractivity contribution in [1.29, 1.82) is 0 Å². The first-order chi connectivity index (χ1) is 9.22. The van der Waals surface area contributed by atoms with Crippen LogP contribution in [0.15, 0.2) is 0 Å². The molecule has 2 aliphatic heterocycles. The van der Waals surface area contributed by atoms with Gasteiger partial charge in [0.25, 0.3) is 0 Å². The summed E-state index contributed by atoms with van der Waals surface area (Å²) >= 11 is 0. The molecule has 19 heavy (non-hydrogen) atoms. The highest BCUT2D eigenvalue weighted by molar-refractivity contribution is 5.83. The van der Waals surface area contributed by atoms with E-state index in [2.05, 4.69) is 10.6 Å². The molecule has 2 N–H and O–H groups in total. The Morgan fingerprint density at radius 1 is 1.37 bits per heavy atom. The molecule has 108 valence electrons. The predicted octanol–water partition coefficient (Wildman–Crippen LogP) is -0.650. The number of nitrogens with one attached hydrogen (secondary N) is 2. The van der Waals surface area contributed by atoms with Crippen LogP contribution in [0.4, 0.5) is 0 Å². The first kappa shape index (κ1) is 14.3. The van der Waals surface area contributed by atoms with Crippen LogP contribution in [0.2, 0.25) is 0 Å². The maximum absolute atomic E-state index is 12.2. The van der Waals surface area contributed by atoms with E-state index in [-0.39, 0.29) is 23.8 Å². The Morgan fingerprint density at radius 3 is 2.68 bits per heavy atom. The van der Waals surface area contributed by atoms with Crippen LogP contribution in [0.3, 0.4) is 0 Å². The SMILES string of the molecule is CCNC(=O)C1CCN(C(=O)C2COCCN2)CC1. The highest BCUT2D eigenvalue weighted by atomic mass is 16.5. The zero-order valence-electron chi connectivity index (χ0n) is 11.5. The molecule has 1 atom stereocenters. The number of likely N-dealkylation sites (tertiary alicyclic amines) is 1. The molecule has 2 heterocycles. The molecule has 2 amide bonds. The van der Waals surface area contributed by atoms with E-state index in [0.29, 0.717) is 32.8 Å². The minimum atomic E-state index is -0.213. The maximum atomic E-state index is 12.2. The van der Waals surface area contributed by atoms with Crippen LogP contribution < -0.4 is 10.6 Å². The Bertz CT molecular complexity index is 321. The highest BCUT2D eigenvalue weighted by Crippen LogP contribution is 2.18. The second-order valence-electron chi connectivity index (χ2n) is 5.08. The first-order valence-electron chi connectivity index (χ1n) is 7.10. The van der Waals surface area contributed by atoms with E-state index >= 15 is 0 Å². The third kappa shape index (κ3) is 3.67. The predicted molar refractivity (Wildman–Crippen MR) is 70.6 cm³/mol. The van der Waals surface area contributed by atoms with E-state index in [9.17, 15) is 9.59 Å². The third-order valence-electron chi connectivity index (χ3n) is 3.75. The number of piperidine rings is 1. The molecule has 6 heteroatoms. The number of morpholine rings is 1. The van der Waals surface area contributed by atoms with Crippen molar-refractivity contribution in [2.75, 3.05) is 39.4 Å². The summed E-state index contributed by atoms with van der Waals surface area (Å²) in [4.78, 5) is 25.8. The summed E-state index contributed by atoms with van der Waals surface area (Å²) in [6, 6.07) is -0.213.